The number of benzene rings is 1. The van der Waals surface area contributed by atoms with Crippen molar-refractivity contribution >= 4 is 29.3 Å². The first kappa shape index (κ1) is 14.9. The lowest BCUT2D eigenvalue weighted by atomic mass is 9.92. The fraction of sp³-hybridized carbons (Fsp3) is 0.333. The summed E-state index contributed by atoms with van der Waals surface area (Å²) in [7, 11) is 1.68. The van der Waals surface area contributed by atoms with Gasteiger partial charge in [0.25, 0.3) is 11.8 Å². The molecule has 1 atom stereocenters. The topological polar surface area (TPSA) is 86.9 Å². The van der Waals surface area contributed by atoms with E-state index in [1.54, 1.807) is 35.6 Å². The molecule has 1 aromatic carbocycles. The predicted octanol–water partition coefficient (Wildman–Crippen LogP) is 0.574. The molecule has 2 amide bonds. The van der Waals surface area contributed by atoms with Crippen LogP contribution < -0.4 is 10.6 Å². The summed E-state index contributed by atoms with van der Waals surface area (Å²) in [5.74, 6) is -0.217. The number of carbonyl (C=O) groups excluding carboxylic acids is 2. The molecule has 1 aromatic rings. The van der Waals surface area contributed by atoms with E-state index in [4.69, 9.17) is 5.73 Å². The minimum atomic E-state index is -1.49. The highest BCUT2D eigenvalue weighted by Gasteiger charge is 2.45. The molecule has 3 N–H and O–H groups in total. The number of nitrogens with zero attached hydrogens (tertiary/aromatic N) is 2. The number of amides is 2. The van der Waals surface area contributed by atoms with Crippen LogP contribution in [0.1, 0.15) is 12.0 Å². The average Bonchev–Trinajstić information content (AvgIpc) is 3.10. The molecule has 0 bridgehead atoms. The van der Waals surface area contributed by atoms with Crippen molar-refractivity contribution in [1.29, 1.82) is 0 Å². The van der Waals surface area contributed by atoms with Crippen LogP contribution in [0.15, 0.2) is 35.4 Å². The highest BCUT2D eigenvalue weighted by atomic mass is 32.2. The number of aliphatic hydroxyl groups is 1. The third-order valence-electron chi connectivity index (χ3n) is 4.09. The van der Waals surface area contributed by atoms with Gasteiger partial charge in [-0.25, -0.2) is 0 Å². The van der Waals surface area contributed by atoms with Crippen molar-refractivity contribution in [1.82, 2.24) is 4.90 Å². The summed E-state index contributed by atoms with van der Waals surface area (Å²) >= 11 is 1.48. The van der Waals surface area contributed by atoms with Gasteiger partial charge in [-0.3, -0.25) is 9.59 Å². The predicted molar refractivity (Wildman–Crippen MR) is 84.8 cm³/mol. The highest BCUT2D eigenvalue weighted by molar-refractivity contribution is 8.02. The molecule has 3 rings (SSSR count). The first-order valence-corrected chi connectivity index (χ1v) is 7.96. The Kier molecular flexibility index (Phi) is 3.62. The summed E-state index contributed by atoms with van der Waals surface area (Å²) in [5.41, 5.74) is 5.59. The normalized spacial score (nSPS) is 24.8. The monoisotopic (exact) mass is 319 g/mol. The van der Waals surface area contributed by atoms with Gasteiger partial charge in [0, 0.05) is 31.1 Å². The molecule has 2 aliphatic heterocycles. The first-order valence-electron chi connectivity index (χ1n) is 6.91. The largest absolute Gasteiger partial charge is 0.375 e. The van der Waals surface area contributed by atoms with Gasteiger partial charge >= 0.3 is 0 Å². The van der Waals surface area contributed by atoms with E-state index in [2.05, 4.69) is 0 Å². The van der Waals surface area contributed by atoms with Gasteiger partial charge < -0.3 is 20.6 Å². The van der Waals surface area contributed by atoms with Crippen LogP contribution in [-0.4, -0.2) is 41.3 Å². The van der Waals surface area contributed by atoms with Crippen molar-refractivity contribution < 1.29 is 14.7 Å². The van der Waals surface area contributed by atoms with E-state index in [1.165, 1.54) is 16.7 Å². The third kappa shape index (κ3) is 2.26. The summed E-state index contributed by atoms with van der Waals surface area (Å²) in [6, 6.07) is 7.09. The molecule has 0 radical (unpaired) electrons. The van der Waals surface area contributed by atoms with Crippen molar-refractivity contribution in [2.75, 3.05) is 24.4 Å². The van der Waals surface area contributed by atoms with Crippen molar-refractivity contribution in [3.8, 4) is 0 Å². The number of anilines is 1. The lowest BCUT2D eigenvalue weighted by Gasteiger charge is -2.25. The number of hydrogen-bond acceptors (Lipinski definition) is 5. The third-order valence-corrected chi connectivity index (χ3v) is 4.88. The maximum atomic E-state index is 12.2. The number of hydrogen-bond donors (Lipinski definition) is 2. The molecule has 0 aromatic heterocycles. The number of thioether (sulfide) groups is 1. The van der Waals surface area contributed by atoms with Gasteiger partial charge in [0.2, 0.25) is 0 Å². The fourth-order valence-electron chi connectivity index (χ4n) is 2.78. The zero-order valence-electron chi connectivity index (χ0n) is 12.2. The second-order valence-corrected chi connectivity index (χ2v) is 6.31. The van der Waals surface area contributed by atoms with E-state index in [0.29, 0.717) is 30.1 Å². The number of carbonyl (C=O) groups is 2. The van der Waals surface area contributed by atoms with Crippen molar-refractivity contribution in [2.45, 2.75) is 12.0 Å². The summed E-state index contributed by atoms with van der Waals surface area (Å²) in [5, 5.41) is 12.4. The molecule has 0 spiro atoms. The van der Waals surface area contributed by atoms with Crippen LogP contribution in [0.4, 0.5) is 5.69 Å². The summed E-state index contributed by atoms with van der Waals surface area (Å²) in [4.78, 5) is 27.0. The molecule has 0 aliphatic carbocycles. The van der Waals surface area contributed by atoms with Gasteiger partial charge in [0.15, 0.2) is 5.60 Å². The van der Waals surface area contributed by atoms with E-state index in [9.17, 15) is 14.7 Å². The quantitative estimate of drug-likeness (QED) is 0.851. The summed E-state index contributed by atoms with van der Waals surface area (Å²) < 4.78 is 0. The number of nitrogens with two attached hydrogens (primary N) is 1. The maximum Gasteiger partial charge on any atom is 0.265 e. The smallest absolute Gasteiger partial charge is 0.265 e. The molecule has 1 unspecified atom stereocenters. The Morgan fingerprint density at radius 1 is 1.45 bits per heavy atom. The van der Waals surface area contributed by atoms with Gasteiger partial charge in [-0.2, -0.15) is 0 Å². The minimum absolute atomic E-state index is 0.300. The van der Waals surface area contributed by atoms with Crippen LogP contribution >= 0.6 is 11.8 Å². The van der Waals surface area contributed by atoms with Crippen molar-refractivity contribution in [3.63, 3.8) is 0 Å². The Morgan fingerprint density at radius 2 is 2.23 bits per heavy atom. The molecule has 7 heteroatoms. The Bertz CT molecular complexity index is 676. The van der Waals surface area contributed by atoms with Crippen LogP contribution in [0, 0.1) is 0 Å². The number of likely N-dealkylation sites (N-methyl/N-ethyl adjacent to an activating group) is 1. The van der Waals surface area contributed by atoms with E-state index >= 15 is 0 Å². The molecule has 116 valence electrons. The van der Waals surface area contributed by atoms with Gasteiger partial charge in [0.1, 0.15) is 5.70 Å². The van der Waals surface area contributed by atoms with E-state index in [-0.39, 0.29) is 5.91 Å². The van der Waals surface area contributed by atoms with Crippen LogP contribution in [0.2, 0.25) is 0 Å². The molecular weight excluding hydrogens is 302 g/mol. The van der Waals surface area contributed by atoms with Gasteiger partial charge in [-0.15, -0.1) is 11.8 Å². The fourth-order valence-corrected chi connectivity index (χ4v) is 3.69. The van der Waals surface area contributed by atoms with Gasteiger partial charge in [0.05, 0.1) is 5.88 Å². The number of rotatable bonds is 3. The molecule has 0 saturated carbocycles. The Balaban J connectivity index is 1.96. The Morgan fingerprint density at radius 3 is 2.86 bits per heavy atom. The van der Waals surface area contributed by atoms with Gasteiger partial charge in [-0.1, -0.05) is 12.1 Å². The molecular formula is C15H17N3O3S. The van der Waals surface area contributed by atoms with E-state index in [1.807, 2.05) is 6.07 Å². The molecule has 1 fully saturated rings. The zero-order valence-corrected chi connectivity index (χ0v) is 13.0. The minimum Gasteiger partial charge on any atom is -0.375 e. The molecule has 22 heavy (non-hydrogen) atoms. The van der Waals surface area contributed by atoms with Crippen LogP contribution in [-0.2, 0) is 15.2 Å². The number of likely N-dealkylation sites (tertiary alicyclic amines) is 1. The number of primary amides is 1. The van der Waals surface area contributed by atoms with Crippen LogP contribution in [0.5, 0.6) is 0 Å². The molecule has 2 aliphatic rings. The summed E-state index contributed by atoms with van der Waals surface area (Å²) in [6.45, 7) is 0.519. The Hall–Kier alpha value is -1.99. The van der Waals surface area contributed by atoms with Crippen LogP contribution in [0.25, 0.3) is 0 Å². The summed E-state index contributed by atoms with van der Waals surface area (Å²) in [6.07, 6.45) is 0.360. The standard InChI is InChI=1S/C15H17N3O3S/c1-17-6-5-15(21,14(17)20)10-3-2-4-11(7-10)18-9-22-8-12(18)13(16)19/h2-4,7-8,21H,5-6,9H2,1H3,(H2,16,19). The highest BCUT2D eigenvalue weighted by Crippen LogP contribution is 2.36. The van der Waals surface area contributed by atoms with E-state index in [0.717, 1.165) is 5.69 Å². The average molecular weight is 319 g/mol. The van der Waals surface area contributed by atoms with Crippen molar-refractivity contribution in [3.05, 3.63) is 40.9 Å². The zero-order chi connectivity index (χ0) is 15.9. The molecule has 6 nitrogen and oxygen atoms in total. The molecule has 2 heterocycles. The van der Waals surface area contributed by atoms with E-state index < -0.39 is 11.5 Å². The van der Waals surface area contributed by atoms with Crippen LogP contribution in [0.3, 0.4) is 0 Å². The first-order chi connectivity index (χ1) is 10.4. The SMILES string of the molecule is CN1CCC(O)(c2cccc(N3CSC=C3C(N)=O)c2)C1=O. The lowest BCUT2D eigenvalue weighted by molar-refractivity contribution is -0.143. The second kappa shape index (κ2) is 5.33. The van der Waals surface area contributed by atoms with Gasteiger partial charge in [-0.05, 0) is 17.7 Å². The van der Waals surface area contributed by atoms with Crippen molar-refractivity contribution in [2.24, 2.45) is 5.73 Å². The Labute approximate surface area is 132 Å². The second-order valence-electron chi connectivity index (χ2n) is 5.48. The maximum absolute atomic E-state index is 12.2. The lowest BCUT2D eigenvalue weighted by Crippen LogP contribution is -2.36. The molecule has 1 saturated heterocycles.